The van der Waals surface area contributed by atoms with Crippen molar-refractivity contribution < 1.29 is 9.47 Å². The average Bonchev–Trinajstić information content (AvgIpc) is 2.47. The highest BCUT2D eigenvalue weighted by molar-refractivity contribution is 5.42. The van der Waals surface area contributed by atoms with E-state index in [-0.39, 0.29) is 0 Å². The molecule has 0 radical (unpaired) electrons. The molecule has 112 valence electrons. The lowest BCUT2D eigenvalue weighted by atomic mass is 9.87. The molecule has 0 aromatic heterocycles. The Labute approximate surface area is 122 Å². The van der Waals surface area contributed by atoms with Crippen molar-refractivity contribution >= 4 is 0 Å². The van der Waals surface area contributed by atoms with Gasteiger partial charge in [-0.3, -0.25) is 0 Å². The second-order valence-electron chi connectivity index (χ2n) is 5.86. The number of rotatable bonds is 6. The molecule has 1 saturated carbocycles. The summed E-state index contributed by atoms with van der Waals surface area (Å²) in [4.78, 5) is 0. The molecule has 20 heavy (non-hydrogen) atoms. The molecule has 1 aliphatic carbocycles. The summed E-state index contributed by atoms with van der Waals surface area (Å²) in [5.41, 5.74) is 1.29. The fraction of sp³-hybridized carbons (Fsp3) is 0.647. The van der Waals surface area contributed by atoms with Gasteiger partial charge in [0.15, 0.2) is 11.5 Å². The van der Waals surface area contributed by atoms with Crippen LogP contribution in [0.2, 0.25) is 0 Å². The predicted molar refractivity (Wildman–Crippen MR) is 82.7 cm³/mol. The Balaban J connectivity index is 1.81. The maximum Gasteiger partial charge on any atom is 0.160 e. The molecular formula is C17H27NO2. The molecule has 0 amide bonds. The number of ether oxygens (including phenoxy) is 2. The Morgan fingerprint density at radius 2 is 1.95 bits per heavy atom. The van der Waals surface area contributed by atoms with Gasteiger partial charge in [-0.1, -0.05) is 25.8 Å². The van der Waals surface area contributed by atoms with Crippen molar-refractivity contribution in [3.8, 4) is 11.5 Å². The van der Waals surface area contributed by atoms with Gasteiger partial charge < -0.3 is 14.8 Å². The zero-order valence-electron chi connectivity index (χ0n) is 12.9. The van der Waals surface area contributed by atoms with Crippen molar-refractivity contribution in [3.05, 3.63) is 23.8 Å². The molecule has 0 spiro atoms. The normalized spacial score (nSPS) is 22.6. The van der Waals surface area contributed by atoms with E-state index in [0.717, 1.165) is 30.4 Å². The van der Waals surface area contributed by atoms with Crippen molar-refractivity contribution in [3.63, 3.8) is 0 Å². The van der Waals surface area contributed by atoms with Gasteiger partial charge in [0.25, 0.3) is 0 Å². The number of benzene rings is 1. The number of hydrogen-bond acceptors (Lipinski definition) is 3. The molecule has 0 aliphatic heterocycles. The van der Waals surface area contributed by atoms with Crippen LogP contribution in [-0.4, -0.2) is 26.8 Å². The summed E-state index contributed by atoms with van der Waals surface area (Å²) in [7, 11) is 3.35. The number of methoxy groups -OCH3 is 2. The SMILES string of the molecule is COc1ccc(CCN[C@H]2CCC[C@H](C)C2)cc1OC. The van der Waals surface area contributed by atoms with E-state index >= 15 is 0 Å². The van der Waals surface area contributed by atoms with Crippen LogP contribution in [0.3, 0.4) is 0 Å². The number of hydrogen-bond donors (Lipinski definition) is 1. The fourth-order valence-electron chi connectivity index (χ4n) is 3.08. The van der Waals surface area contributed by atoms with Crippen molar-refractivity contribution in [1.29, 1.82) is 0 Å². The Bertz CT molecular complexity index is 419. The van der Waals surface area contributed by atoms with E-state index in [1.54, 1.807) is 14.2 Å². The number of nitrogens with one attached hydrogen (secondary N) is 1. The lowest BCUT2D eigenvalue weighted by molar-refractivity contribution is 0.303. The topological polar surface area (TPSA) is 30.5 Å². The Morgan fingerprint density at radius 1 is 1.15 bits per heavy atom. The third-order valence-corrected chi connectivity index (χ3v) is 4.23. The van der Waals surface area contributed by atoms with Gasteiger partial charge in [0.05, 0.1) is 14.2 Å². The highest BCUT2D eigenvalue weighted by atomic mass is 16.5. The minimum Gasteiger partial charge on any atom is -0.493 e. The smallest absolute Gasteiger partial charge is 0.160 e. The fourth-order valence-corrected chi connectivity index (χ4v) is 3.08. The molecule has 3 heteroatoms. The van der Waals surface area contributed by atoms with Crippen molar-refractivity contribution in [2.45, 2.75) is 45.1 Å². The van der Waals surface area contributed by atoms with Crippen LogP contribution in [0, 0.1) is 5.92 Å². The van der Waals surface area contributed by atoms with Crippen molar-refractivity contribution in [2.24, 2.45) is 5.92 Å². The molecule has 3 nitrogen and oxygen atoms in total. The first-order chi connectivity index (χ1) is 9.72. The Kier molecular flexibility index (Phi) is 5.72. The molecule has 1 fully saturated rings. The highest BCUT2D eigenvalue weighted by Crippen LogP contribution is 2.28. The first-order valence-electron chi connectivity index (χ1n) is 7.67. The Hall–Kier alpha value is -1.22. The van der Waals surface area contributed by atoms with E-state index in [2.05, 4.69) is 24.4 Å². The van der Waals surface area contributed by atoms with Crippen LogP contribution in [0.4, 0.5) is 0 Å². The monoisotopic (exact) mass is 277 g/mol. The van der Waals surface area contributed by atoms with Gasteiger partial charge in [0.2, 0.25) is 0 Å². The van der Waals surface area contributed by atoms with Crippen LogP contribution in [-0.2, 0) is 6.42 Å². The van der Waals surface area contributed by atoms with E-state index in [1.807, 2.05) is 6.07 Å². The summed E-state index contributed by atoms with van der Waals surface area (Å²) in [6.07, 6.45) is 6.45. The molecule has 1 N–H and O–H groups in total. The highest BCUT2D eigenvalue weighted by Gasteiger charge is 2.17. The van der Waals surface area contributed by atoms with Gasteiger partial charge in [-0.15, -0.1) is 0 Å². The van der Waals surface area contributed by atoms with E-state index in [9.17, 15) is 0 Å². The summed E-state index contributed by atoms with van der Waals surface area (Å²) in [5.74, 6) is 2.49. The third-order valence-electron chi connectivity index (χ3n) is 4.23. The van der Waals surface area contributed by atoms with Crippen LogP contribution in [0.25, 0.3) is 0 Å². The van der Waals surface area contributed by atoms with Crippen molar-refractivity contribution in [2.75, 3.05) is 20.8 Å². The summed E-state index contributed by atoms with van der Waals surface area (Å²) < 4.78 is 10.6. The van der Waals surface area contributed by atoms with Gasteiger partial charge >= 0.3 is 0 Å². The maximum absolute atomic E-state index is 5.34. The zero-order chi connectivity index (χ0) is 14.4. The zero-order valence-corrected chi connectivity index (χ0v) is 12.9. The van der Waals surface area contributed by atoms with Crippen LogP contribution in [0.15, 0.2) is 18.2 Å². The molecule has 1 aromatic carbocycles. The van der Waals surface area contributed by atoms with Gasteiger partial charge in [0, 0.05) is 6.04 Å². The standard InChI is InChI=1S/C17H27NO2/c1-13-5-4-6-15(11-13)18-10-9-14-7-8-16(19-2)17(12-14)20-3/h7-8,12-13,15,18H,4-6,9-11H2,1-3H3/t13-,15-/m0/s1. The van der Waals surface area contributed by atoms with Gasteiger partial charge in [-0.2, -0.15) is 0 Å². The van der Waals surface area contributed by atoms with Gasteiger partial charge in [0.1, 0.15) is 0 Å². The van der Waals surface area contributed by atoms with E-state index in [0.29, 0.717) is 6.04 Å². The summed E-state index contributed by atoms with van der Waals surface area (Å²) >= 11 is 0. The third kappa shape index (κ3) is 4.14. The van der Waals surface area contributed by atoms with Crippen LogP contribution >= 0.6 is 0 Å². The molecule has 0 unspecified atom stereocenters. The molecule has 2 rings (SSSR count). The van der Waals surface area contributed by atoms with Gasteiger partial charge in [-0.25, -0.2) is 0 Å². The first kappa shape index (κ1) is 15.2. The second-order valence-corrected chi connectivity index (χ2v) is 5.86. The lowest BCUT2D eigenvalue weighted by Gasteiger charge is -2.27. The Morgan fingerprint density at radius 3 is 2.65 bits per heavy atom. The largest absolute Gasteiger partial charge is 0.493 e. The molecular weight excluding hydrogens is 250 g/mol. The molecule has 1 aromatic rings. The van der Waals surface area contributed by atoms with Crippen molar-refractivity contribution in [1.82, 2.24) is 5.32 Å². The van der Waals surface area contributed by atoms with Crippen LogP contribution in [0.1, 0.15) is 38.2 Å². The molecule has 0 heterocycles. The van der Waals surface area contributed by atoms with Crippen LogP contribution < -0.4 is 14.8 Å². The molecule has 1 aliphatic rings. The first-order valence-corrected chi connectivity index (χ1v) is 7.67. The lowest BCUT2D eigenvalue weighted by Crippen LogP contribution is -2.34. The van der Waals surface area contributed by atoms with E-state index in [1.165, 1.54) is 31.2 Å². The summed E-state index contributed by atoms with van der Waals surface area (Å²) in [6.45, 7) is 3.40. The minimum atomic E-state index is 0.707. The van der Waals surface area contributed by atoms with E-state index < -0.39 is 0 Å². The second kappa shape index (κ2) is 7.53. The molecule has 2 atom stereocenters. The molecule has 0 saturated heterocycles. The minimum absolute atomic E-state index is 0.707. The van der Waals surface area contributed by atoms with Crippen LogP contribution in [0.5, 0.6) is 11.5 Å². The molecule has 0 bridgehead atoms. The van der Waals surface area contributed by atoms with E-state index in [4.69, 9.17) is 9.47 Å². The maximum atomic E-state index is 5.34. The summed E-state index contributed by atoms with van der Waals surface area (Å²) in [5, 5.41) is 3.69. The average molecular weight is 277 g/mol. The quantitative estimate of drug-likeness (QED) is 0.864. The van der Waals surface area contributed by atoms with Gasteiger partial charge in [-0.05, 0) is 49.4 Å². The predicted octanol–water partition coefficient (Wildman–Crippen LogP) is 3.41. The summed E-state index contributed by atoms with van der Waals surface area (Å²) in [6, 6.07) is 6.88.